The summed E-state index contributed by atoms with van der Waals surface area (Å²) in [6.45, 7) is 3.89. The quantitative estimate of drug-likeness (QED) is 0.136. The van der Waals surface area contributed by atoms with E-state index in [0.717, 1.165) is 11.1 Å². The number of halogens is 1. The minimum Gasteiger partial charge on any atom is -0.455 e. The fourth-order valence-corrected chi connectivity index (χ4v) is 3.67. The number of benzene rings is 2. The second-order valence-corrected chi connectivity index (χ2v) is 8.20. The number of fused-ring (bicyclic) bond motifs is 1. The van der Waals surface area contributed by atoms with Crippen molar-refractivity contribution < 1.29 is 14.0 Å². The number of hydrogen-bond acceptors (Lipinski definition) is 11. The van der Waals surface area contributed by atoms with Gasteiger partial charge in [-0.3, -0.25) is 15.5 Å². The lowest BCUT2D eigenvalue weighted by molar-refractivity contribution is -0.384. The molecule has 0 spiro atoms. The molecule has 3 aromatic heterocycles. The largest absolute Gasteiger partial charge is 0.455 e. The molecule has 0 unspecified atom stereocenters. The molecule has 180 valence electrons. The highest BCUT2D eigenvalue weighted by molar-refractivity contribution is 6.32. The first kappa shape index (κ1) is 22.9. The Labute approximate surface area is 207 Å². The molecular formula is C23H17ClN8O4. The molecule has 0 saturated heterocycles. The maximum absolute atomic E-state index is 11.2. The molecule has 13 heteroatoms. The number of nitro benzene ring substituents is 1. The van der Waals surface area contributed by atoms with Gasteiger partial charge in [0.2, 0.25) is 11.3 Å². The molecule has 3 N–H and O–H groups in total. The monoisotopic (exact) mass is 504 g/mol. The van der Waals surface area contributed by atoms with E-state index in [-0.39, 0.29) is 27.8 Å². The van der Waals surface area contributed by atoms with Crippen LogP contribution in [0, 0.1) is 24.0 Å². The van der Waals surface area contributed by atoms with Gasteiger partial charge in [-0.15, -0.1) is 0 Å². The minimum absolute atomic E-state index is 0.0434. The van der Waals surface area contributed by atoms with Gasteiger partial charge in [0, 0.05) is 22.9 Å². The van der Waals surface area contributed by atoms with E-state index in [2.05, 4.69) is 30.8 Å². The Bertz CT molecular complexity index is 1660. The molecule has 36 heavy (non-hydrogen) atoms. The molecule has 12 nitrogen and oxygen atoms in total. The zero-order valence-corrected chi connectivity index (χ0v) is 19.6. The Hall–Kier alpha value is -4.84. The molecule has 0 atom stereocenters. The summed E-state index contributed by atoms with van der Waals surface area (Å²) >= 11 is 5.89. The van der Waals surface area contributed by atoms with E-state index in [4.69, 9.17) is 26.4 Å². The van der Waals surface area contributed by atoms with Gasteiger partial charge in [0.25, 0.3) is 5.69 Å². The number of nitrogens with zero attached hydrogens (tertiary/aromatic N) is 6. The fourth-order valence-electron chi connectivity index (χ4n) is 3.49. The number of furan rings is 1. The number of nitrogen functional groups attached to an aromatic ring is 1. The lowest BCUT2D eigenvalue weighted by atomic mass is 10.0. The van der Waals surface area contributed by atoms with Gasteiger partial charge in [0.1, 0.15) is 22.2 Å². The summed E-state index contributed by atoms with van der Waals surface area (Å²) in [6, 6.07) is 11.5. The molecule has 5 rings (SSSR count). The smallest absolute Gasteiger partial charge is 0.288 e. The molecule has 3 heterocycles. The summed E-state index contributed by atoms with van der Waals surface area (Å²) in [4.78, 5) is 19.5. The van der Waals surface area contributed by atoms with E-state index in [1.807, 2.05) is 26.0 Å². The van der Waals surface area contributed by atoms with Crippen LogP contribution in [0.2, 0.25) is 5.02 Å². The molecule has 0 aliphatic carbocycles. The molecular weight excluding hydrogens is 488 g/mol. The first-order valence-corrected chi connectivity index (χ1v) is 10.9. The topological polar surface area (TPSA) is 171 Å². The Kier molecular flexibility index (Phi) is 5.78. The molecule has 0 aliphatic rings. The first-order valence-electron chi connectivity index (χ1n) is 10.5. The standard InChI is InChI=1S/C23H17ClN8O4/c1-11-3-6-15(19(25)12(11)2)20-21(28-23-22(27-20)30-36-31-23)29-26-10-14-5-8-18(35-14)13-4-7-16(24)17(9-13)32(33)34/h3-10H,25H2,1-2H3,(H,28,29,31). The van der Waals surface area contributed by atoms with E-state index in [9.17, 15) is 10.1 Å². The van der Waals surface area contributed by atoms with Crippen molar-refractivity contribution in [2.24, 2.45) is 5.10 Å². The van der Waals surface area contributed by atoms with Gasteiger partial charge in [0.15, 0.2) is 5.82 Å². The third kappa shape index (κ3) is 4.20. The first-order chi connectivity index (χ1) is 17.3. The van der Waals surface area contributed by atoms with Crippen molar-refractivity contribution in [3.8, 4) is 22.6 Å². The van der Waals surface area contributed by atoms with E-state index >= 15 is 0 Å². The second kappa shape index (κ2) is 9.07. The summed E-state index contributed by atoms with van der Waals surface area (Å²) in [6.07, 6.45) is 1.42. The number of aromatic nitrogens is 4. The average Bonchev–Trinajstić information content (AvgIpc) is 3.52. The van der Waals surface area contributed by atoms with E-state index in [1.165, 1.54) is 18.3 Å². The van der Waals surface area contributed by atoms with Gasteiger partial charge in [0.05, 0.1) is 11.1 Å². The molecule has 2 aromatic carbocycles. The van der Waals surface area contributed by atoms with Gasteiger partial charge in [-0.25, -0.2) is 14.6 Å². The summed E-state index contributed by atoms with van der Waals surface area (Å²) < 4.78 is 10.5. The van der Waals surface area contributed by atoms with Crippen molar-refractivity contribution in [2.75, 3.05) is 11.2 Å². The predicted octanol–water partition coefficient (Wildman–Crippen LogP) is 5.15. The van der Waals surface area contributed by atoms with Crippen LogP contribution in [0.15, 0.2) is 56.6 Å². The average molecular weight is 505 g/mol. The maximum atomic E-state index is 11.2. The van der Waals surface area contributed by atoms with Crippen molar-refractivity contribution in [1.29, 1.82) is 0 Å². The zero-order chi connectivity index (χ0) is 25.4. The normalized spacial score (nSPS) is 11.4. The lowest BCUT2D eigenvalue weighted by Crippen LogP contribution is -2.03. The summed E-state index contributed by atoms with van der Waals surface area (Å²) in [7, 11) is 0. The third-order valence-corrected chi connectivity index (χ3v) is 5.89. The van der Waals surface area contributed by atoms with Gasteiger partial charge < -0.3 is 10.2 Å². The Balaban J connectivity index is 1.44. The number of hydrogen-bond donors (Lipinski definition) is 2. The predicted molar refractivity (Wildman–Crippen MR) is 134 cm³/mol. The fraction of sp³-hybridized carbons (Fsp3) is 0.0870. The van der Waals surface area contributed by atoms with E-state index in [0.29, 0.717) is 34.0 Å². The number of nitrogens with two attached hydrogens (primary N) is 1. The van der Waals surface area contributed by atoms with Gasteiger partial charge >= 0.3 is 0 Å². The number of nitro groups is 1. The second-order valence-electron chi connectivity index (χ2n) is 7.80. The number of nitrogens with one attached hydrogen (secondary N) is 1. The van der Waals surface area contributed by atoms with Crippen LogP contribution in [-0.2, 0) is 0 Å². The van der Waals surface area contributed by atoms with Crippen molar-refractivity contribution in [3.05, 3.63) is 74.5 Å². The highest BCUT2D eigenvalue weighted by atomic mass is 35.5. The molecule has 5 aromatic rings. The van der Waals surface area contributed by atoms with Crippen LogP contribution in [0.25, 0.3) is 33.9 Å². The molecule has 0 aliphatic heterocycles. The van der Waals surface area contributed by atoms with Crippen LogP contribution < -0.4 is 11.2 Å². The minimum atomic E-state index is -0.552. The van der Waals surface area contributed by atoms with Crippen molar-refractivity contribution in [3.63, 3.8) is 0 Å². The number of anilines is 2. The molecule has 0 saturated carbocycles. The van der Waals surface area contributed by atoms with Crippen LogP contribution in [0.3, 0.4) is 0 Å². The third-order valence-electron chi connectivity index (χ3n) is 5.57. The van der Waals surface area contributed by atoms with Crippen LogP contribution in [0.5, 0.6) is 0 Å². The van der Waals surface area contributed by atoms with Gasteiger partial charge in [-0.2, -0.15) is 5.10 Å². The Morgan fingerprint density at radius 3 is 2.67 bits per heavy atom. The molecule has 0 amide bonds. The highest BCUT2D eigenvalue weighted by Crippen LogP contribution is 2.34. The summed E-state index contributed by atoms with van der Waals surface area (Å²) in [5.74, 6) is 1.08. The Morgan fingerprint density at radius 2 is 1.89 bits per heavy atom. The van der Waals surface area contributed by atoms with E-state index < -0.39 is 4.92 Å². The molecule has 0 bridgehead atoms. The molecule has 0 radical (unpaired) electrons. The van der Waals surface area contributed by atoms with Crippen molar-refractivity contribution in [2.45, 2.75) is 13.8 Å². The number of rotatable bonds is 6. The summed E-state index contributed by atoms with van der Waals surface area (Å²) in [5.41, 5.74) is 13.5. The van der Waals surface area contributed by atoms with Crippen molar-refractivity contribution >= 4 is 46.3 Å². The van der Waals surface area contributed by atoms with Gasteiger partial charge in [-0.05, 0) is 59.6 Å². The van der Waals surface area contributed by atoms with Crippen LogP contribution >= 0.6 is 11.6 Å². The molecule has 0 fully saturated rings. The van der Waals surface area contributed by atoms with Crippen LogP contribution in [0.1, 0.15) is 16.9 Å². The SMILES string of the molecule is Cc1ccc(-c2nc3nonc3nc2NN=Cc2ccc(-c3ccc(Cl)c([N+](=O)[O-])c3)o2)c(N)c1C. The van der Waals surface area contributed by atoms with Crippen molar-refractivity contribution in [1.82, 2.24) is 20.3 Å². The van der Waals surface area contributed by atoms with Crippen LogP contribution in [-0.4, -0.2) is 31.4 Å². The maximum Gasteiger partial charge on any atom is 0.288 e. The van der Waals surface area contributed by atoms with Gasteiger partial charge in [-0.1, -0.05) is 23.7 Å². The zero-order valence-electron chi connectivity index (χ0n) is 18.9. The number of hydrazone groups is 1. The van der Waals surface area contributed by atoms with Crippen LogP contribution in [0.4, 0.5) is 17.2 Å². The highest BCUT2D eigenvalue weighted by Gasteiger charge is 2.18. The Morgan fingerprint density at radius 1 is 1.11 bits per heavy atom. The number of aryl methyl sites for hydroxylation is 1. The van der Waals surface area contributed by atoms with E-state index in [1.54, 1.807) is 18.2 Å². The lowest BCUT2D eigenvalue weighted by Gasteiger charge is -2.12. The summed E-state index contributed by atoms with van der Waals surface area (Å²) in [5, 5.41) is 22.9.